The molecule has 2 heterocycles. The second-order valence-corrected chi connectivity index (χ2v) is 4.35. The number of rotatable bonds is 4. The van der Waals surface area contributed by atoms with Gasteiger partial charge in [0, 0.05) is 11.4 Å². The molecule has 96 valence electrons. The van der Waals surface area contributed by atoms with Gasteiger partial charge in [-0.1, -0.05) is 12.1 Å². The molecule has 0 radical (unpaired) electrons. The van der Waals surface area contributed by atoms with E-state index >= 15 is 0 Å². The van der Waals surface area contributed by atoms with Crippen LogP contribution in [0.4, 0.5) is 0 Å². The summed E-state index contributed by atoms with van der Waals surface area (Å²) < 4.78 is 0. The summed E-state index contributed by atoms with van der Waals surface area (Å²) in [5.74, 6) is -0.561. The molecule has 0 aliphatic rings. The van der Waals surface area contributed by atoms with Crippen LogP contribution in [-0.4, -0.2) is 21.5 Å². The second kappa shape index (κ2) is 5.52. The number of nitrogens with zero attached hydrogens (tertiary/aromatic N) is 2. The van der Waals surface area contributed by atoms with E-state index in [1.165, 1.54) is 0 Å². The number of aromatic nitrogens is 2. The Morgan fingerprint density at radius 2 is 1.26 bits per heavy atom. The van der Waals surface area contributed by atoms with Crippen LogP contribution in [0.1, 0.15) is 38.8 Å². The Morgan fingerprint density at radius 3 is 1.63 bits per heavy atom. The number of hydrogen-bond donors (Lipinski definition) is 0. The highest BCUT2D eigenvalue weighted by Crippen LogP contribution is 2.07. The van der Waals surface area contributed by atoms with Crippen molar-refractivity contribution in [1.29, 1.82) is 0 Å². The van der Waals surface area contributed by atoms with Crippen LogP contribution < -0.4 is 0 Å². The van der Waals surface area contributed by atoms with Gasteiger partial charge in [-0.15, -0.1) is 0 Å². The lowest BCUT2D eigenvalue weighted by Gasteiger charge is -2.02. The summed E-state index contributed by atoms with van der Waals surface area (Å²) in [6.07, 6.45) is -0.201. The lowest BCUT2D eigenvalue weighted by molar-refractivity contribution is 0.0888. The second-order valence-electron chi connectivity index (χ2n) is 4.35. The van der Waals surface area contributed by atoms with Crippen LogP contribution in [0.15, 0.2) is 36.4 Å². The Morgan fingerprint density at radius 1 is 0.842 bits per heavy atom. The Balaban J connectivity index is 2.13. The molecule has 0 aliphatic heterocycles. The SMILES string of the molecule is Cc1cccc(C(=O)CC(=O)c2cccc(C)n2)n1. The van der Waals surface area contributed by atoms with Crippen LogP contribution in [0.25, 0.3) is 0 Å². The van der Waals surface area contributed by atoms with E-state index in [0.29, 0.717) is 11.4 Å². The highest BCUT2D eigenvalue weighted by atomic mass is 16.1. The van der Waals surface area contributed by atoms with Crippen molar-refractivity contribution in [3.05, 3.63) is 59.2 Å². The molecule has 0 amide bonds. The first-order valence-corrected chi connectivity index (χ1v) is 6.00. The highest BCUT2D eigenvalue weighted by molar-refractivity contribution is 6.12. The van der Waals surface area contributed by atoms with Gasteiger partial charge in [0.15, 0.2) is 11.6 Å². The zero-order valence-corrected chi connectivity index (χ0v) is 10.9. The van der Waals surface area contributed by atoms with Crippen molar-refractivity contribution in [2.45, 2.75) is 20.3 Å². The van der Waals surface area contributed by atoms with E-state index in [-0.39, 0.29) is 18.0 Å². The van der Waals surface area contributed by atoms with Crippen LogP contribution in [0.5, 0.6) is 0 Å². The fourth-order valence-corrected chi connectivity index (χ4v) is 1.72. The molecule has 0 aromatic carbocycles. The van der Waals surface area contributed by atoms with E-state index in [2.05, 4.69) is 9.97 Å². The van der Waals surface area contributed by atoms with Gasteiger partial charge in [-0.05, 0) is 38.1 Å². The summed E-state index contributed by atoms with van der Waals surface area (Å²) in [6, 6.07) is 10.4. The van der Waals surface area contributed by atoms with Crippen molar-refractivity contribution < 1.29 is 9.59 Å². The lowest BCUT2D eigenvalue weighted by atomic mass is 10.1. The Hall–Kier alpha value is -2.36. The smallest absolute Gasteiger partial charge is 0.188 e. The molecular weight excluding hydrogens is 240 g/mol. The number of pyridine rings is 2. The fourth-order valence-electron chi connectivity index (χ4n) is 1.72. The molecule has 0 fully saturated rings. The van der Waals surface area contributed by atoms with Crippen LogP contribution >= 0.6 is 0 Å². The molecule has 0 saturated carbocycles. The minimum absolute atomic E-state index is 0.201. The van der Waals surface area contributed by atoms with Crippen LogP contribution in [0.3, 0.4) is 0 Å². The monoisotopic (exact) mass is 254 g/mol. The van der Waals surface area contributed by atoms with Crippen molar-refractivity contribution in [2.75, 3.05) is 0 Å². The number of hydrogen-bond acceptors (Lipinski definition) is 4. The number of aryl methyl sites for hydroxylation is 2. The predicted molar refractivity (Wildman–Crippen MR) is 71.2 cm³/mol. The number of Topliss-reactive ketones (excluding diaryl/α,β-unsaturated/α-hetero) is 2. The molecular formula is C15H14N2O2. The zero-order chi connectivity index (χ0) is 13.8. The van der Waals surface area contributed by atoms with Gasteiger partial charge in [-0.2, -0.15) is 0 Å². The average molecular weight is 254 g/mol. The molecule has 2 aromatic rings. The maximum Gasteiger partial charge on any atom is 0.188 e. The summed E-state index contributed by atoms with van der Waals surface area (Å²) in [6.45, 7) is 3.61. The molecule has 2 rings (SSSR count). The van der Waals surface area contributed by atoms with Gasteiger partial charge >= 0.3 is 0 Å². The molecule has 0 saturated heterocycles. The summed E-state index contributed by atoms with van der Waals surface area (Å²) >= 11 is 0. The molecule has 0 atom stereocenters. The third-order valence-corrected chi connectivity index (χ3v) is 2.67. The fraction of sp³-hybridized carbons (Fsp3) is 0.200. The van der Waals surface area contributed by atoms with E-state index in [0.717, 1.165) is 11.4 Å². The van der Waals surface area contributed by atoms with Gasteiger partial charge in [0.1, 0.15) is 11.4 Å². The third-order valence-electron chi connectivity index (χ3n) is 2.67. The summed E-state index contributed by atoms with van der Waals surface area (Å²) in [4.78, 5) is 32.1. The molecule has 4 nitrogen and oxygen atoms in total. The molecule has 0 unspecified atom stereocenters. The normalized spacial score (nSPS) is 10.2. The van der Waals surface area contributed by atoms with Gasteiger partial charge in [0.2, 0.25) is 0 Å². The van der Waals surface area contributed by atoms with Crippen molar-refractivity contribution in [1.82, 2.24) is 9.97 Å². The van der Waals surface area contributed by atoms with E-state index in [1.54, 1.807) is 50.2 Å². The van der Waals surface area contributed by atoms with Gasteiger partial charge in [0.25, 0.3) is 0 Å². The maximum absolute atomic E-state index is 12.0. The van der Waals surface area contributed by atoms with Gasteiger partial charge in [-0.25, -0.2) is 0 Å². The third kappa shape index (κ3) is 3.31. The molecule has 0 N–H and O–H groups in total. The van der Waals surface area contributed by atoms with E-state index in [9.17, 15) is 9.59 Å². The molecule has 4 heteroatoms. The summed E-state index contributed by atoms with van der Waals surface area (Å²) in [7, 11) is 0. The Labute approximate surface area is 111 Å². The van der Waals surface area contributed by atoms with E-state index < -0.39 is 0 Å². The molecule has 0 spiro atoms. The maximum atomic E-state index is 12.0. The largest absolute Gasteiger partial charge is 0.292 e. The number of carbonyl (C=O) groups is 2. The van der Waals surface area contributed by atoms with Crippen molar-refractivity contribution >= 4 is 11.6 Å². The van der Waals surface area contributed by atoms with Crippen molar-refractivity contribution in [3.8, 4) is 0 Å². The summed E-state index contributed by atoms with van der Waals surface area (Å²) in [5, 5.41) is 0. The van der Waals surface area contributed by atoms with Gasteiger partial charge in [0.05, 0.1) is 6.42 Å². The van der Waals surface area contributed by atoms with Gasteiger partial charge in [-0.3, -0.25) is 19.6 Å². The van der Waals surface area contributed by atoms with Crippen molar-refractivity contribution in [3.63, 3.8) is 0 Å². The van der Waals surface area contributed by atoms with E-state index in [4.69, 9.17) is 0 Å². The predicted octanol–water partition coefficient (Wildman–Crippen LogP) is 2.55. The highest BCUT2D eigenvalue weighted by Gasteiger charge is 2.15. The zero-order valence-electron chi connectivity index (χ0n) is 10.9. The number of carbonyl (C=O) groups excluding carboxylic acids is 2. The van der Waals surface area contributed by atoms with Crippen molar-refractivity contribution in [2.24, 2.45) is 0 Å². The first kappa shape index (κ1) is 13.1. The topological polar surface area (TPSA) is 59.9 Å². The molecule has 0 bridgehead atoms. The molecule has 2 aromatic heterocycles. The van der Waals surface area contributed by atoms with Crippen LogP contribution in [0, 0.1) is 13.8 Å². The standard InChI is InChI=1S/C15H14N2O2/c1-10-5-3-7-12(16-10)14(18)9-15(19)13-8-4-6-11(2)17-13/h3-8H,9H2,1-2H3. The molecule has 0 aliphatic carbocycles. The quantitative estimate of drug-likeness (QED) is 0.621. The van der Waals surface area contributed by atoms with E-state index in [1.807, 2.05) is 0 Å². The average Bonchev–Trinajstić information content (AvgIpc) is 2.38. The Kier molecular flexibility index (Phi) is 3.80. The summed E-state index contributed by atoms with van der Waals surface area (Å²) in [5.41, 5.74) is 2.15. The number of ketones is 2. The van der Waals surface area contributed by atoms with Crippen LogP contribution in [-0.2, 0) is 0 Å². The Bertz CT molecular complexity index is 580. The minimum Gasteiger partial charge on any atom is -0.292 e. The lowest BCUT2D eigenvalue weighted by Crippen LogP contribution is -2.12. The van der Waals surface area contributed by atoms with Crippen LogP contribution in [0.2, 0.25) is 0 Å². The molecule has 19 heavy (non-hydrogen) atoms. The van der Waals surface area contributed by atoms with Gasteiger partial charge < -0.3 is 0 Å². The first-order valence-electron chi connectivity index (χ1n) is 6.00. The minimum atomic E-state index is -0.281. The first-order chi connectivity index (χ1) is 9.06.